The van der Waals surface area contributed by atoms with Crippen molar-refractivity contribution in [1.82, 2.24) is 0 Å². The standard InChI is InChI=1S/C10H21FO2Si/c1-4-5-6-8-13-10(12)7-9-14(2,3)11/h4-9H2,1-3H3. The van der Waals surface area contributed by atoms with Crippen molar-refractivity contribution in [2.24, 2.45) is 0 Å². The van der Waals surface area contributed by atoms with Gasteiger partial charge < -0.3 is 8.84 Å². The Hall–Kier alpha value is -0.383. The van der Waals surface area contributed by atoms with Crippen LogP contribution in [0.25, 0.3) is 0 Å². The molecule has 4 heteroatoms. The lowest BCUT2D eigenvalue weighted by molar-refractivity contribution is -0.143. The zero-order valence-electron chi connectivity index (χ0n) is 9.44. The Morgan fingerprint density at radius 3 is 2.50 bits per heavy atom. The van der Waals surface area contributed by atoms with Crippen molar-refractivity contribution < 1.29 is 13.6 Å². The van der Waals surface area contributed by atoms with Gasteiger partial charge in [-0.15, -0.1) is 0 Å². The molecule has 2 nitrogen and oxygen atoms in total. The van der Waals surface area contributed by atoms with Crippen LogP contribution in [0.2, 0.25) is 19.1 Å². The fourth-order valence-corrected chi connectivity index (χ4v) is 1.81. The molecule has 0 heterocycles. The summed E-state index contributed by atoms with van der Waals surface area (Å²) in [5, 5.41) is 0. The van der Waals surface area contributed by atoms with Crippen molar-refractivity contribution in [3.63, 3.8) is 0 Å². The average Bonchev–Trinajstić information content (AvgIpc) is 2.08. The number of esters is 1. The Labute approximate surface area is 87.0 Å². The molecule has 0 bridgehead atoms. The third kappa shape index (κ3) is 9.70. The van der Waals surface area contributed by atoms with Gasteiger partial charge in [-0.1, -0.05) is 19.8 Å². The Morgan fingerprint density at radius 1 is 1.36 bits per heavy atom. The van der Waals surface area contributed by atoms with Crippen LogP contribution in [0.4, 0.5) is 4.11 Å². The third-order valence-electron chi connectivity index (χ3n) is 1.93. The van der Waals surface area contributed by atoms with Crippen LogP contribution in [0.5, 0.6) is 0 Å². The van der Waals surface area contributed by atoms with Crippen LogP contribution in [0, 0.1) is 0 Å². The average molecular weight is 220 g/mol. The summed E-state index contributed by atoms with van der Waals surface area (Å²) in [5.41, 5.74) is 0. The highest BCUT2D eigenvalue weighted by Crippen LogP contribution is 2.13. The van der Waals surface area contributed by atoms with Gasteiger partial charge in [-0.05, 0) is 25.6 Å². The van der Waals surface area contributed by atoms with Crippen LogP contribution < -0.4 is 0 Å². The zero-order chi connectivity index (χ0) is 11.0. The maximum atomic E-state index is 13.1. The molecule has 0 rings (SSSR count). The molecule has 0 spiro atoms. The zero-order valence-corrected chi connectivity index (χ0v) is 10.4. The van der Waals surface area contributed by atoms with Gasteiger partial charge in [0.15, 0.2) is 0 Å². The molecular weight excluding hydrogens is 199 g/mol. The molecule has 0 aromatic carbocycles. The Bertz CT molecular complexity index is 166. The van der Waals surface area contributed by atoms with E-state index < -0.39 is 8.41 Å². The maximum Gasteiger partial charge on any atom is 0.305 e. The summed E-state index contributed by atoms with van der Waals surface area (Å²) in [6.45, 7) is 5.80. The van der Waals surface area contributed by atoms with Crippen molar-refractivity contribution in [2.45, 2.75) is 51.7 Å². The van der Waals surface area contributed by atoms with E-state index in [4.69, 9.17) is 4.74 Å². The summed E-state index contributed by atoms with van der Waals surface area (Å²) >= 11 is 0. The number of halogens is 1. The van der Waals surface area contributed by atoms with Gasteiger partial charge in [-0.25, -0.2) is 0 Å². The predicted molar refractivity (Wildman–Crippen MR) is 58.5 cm³/mol. The van der Waals surface area contributed by atoms with Crippen molar-refractivity contribution in [1.29, 1.82) is 0 Å². The molecule has 0 saturated carbocycles. The van der Waals surface area contributed by atoms with E-state index >= 15 is 0 Å². The molecule has 0 aliphatic heterocycles. The second kappa shape index (κ2) is 6.98. The van der Waals surface area contributed by atoms with Crippen LogP contribution in [0.15, 0.2) is 0 Å². The van der Waals surface area contributed by atoms with Gasteiger partial charge in [0.05, 0.1) is 6.61 Å². The normalized spacial score (nSPS) is 11.4. The molecule has 0 aromatic rings. The van der Waals surface area contributed by atoms with E-state index in [2.05, 4.69) is 6.92 Å². The Morgan fingerprint density at radius 2 is 2.00 bits per heavy atom. The summed E-state index contributed by atoms with van der Waals surface area (Å²) in [6.07, 6.45) is 3.35. The molecule has 0 radical (unpaired) electrons. The molecular formula is C10H21FO2Si. The van der Waals surface area contributed by atoms with Gasteiger partial charge >= 0.3 is 5.97 Å². The lowest BCUT2D eigenvalue weighted by Gasteiger charge is -2.09. The summed E-state index contributed by atoms with van der Waals surface area (Å²) in [7, 11) is -2.58. The molecule has 84 valence electrons. The predicted octanol–water partition coefficient (Wildman–Crippen LogP) is 3.28. The minimum atomic E-state index is -2.58. The number of carbonyl (C=O) groups is 1. The highest BCUT2D eigenvalue weighted by Gasteiger charge is 2.21. The molecule has 0 aliphatic rings. The molecule has 0 atom stereocenters. The van der Waals surface area contributed by atoms with E-state index in [1.807, 2.05) is 0 Å². The molecule has 0 amide bonds. The second-order valence-electron chi connectivity index (χ2n) is 4.15. The number of ether oxygens (including phenoxy) is 1. The molecule has 0 aromatic heterocycles. The van der Waals surface area contributed by atoms with Gasteiger partial charge in [0.25, 0.3) is 0 Å². The maximum absolute atomic E-state index is 13.1. The van der Waals surface area contributed by atoms with Crippen molar-refractivity contribution in [3.05, 3.63) is 0 Å². The van der Waals surface area contributed by atoms with E-state index in [1.54, 1.807) is 13.1 Å². The minimum Gasteiger partial charge on any atom is -0.466 e. The number of unbranched alkanes of at least 4 members (excludes halogenated alkanes) is 2. The lowest BCUT2D eigenvalue weighted by Crippen LogP contribution is -2.20. The quantitative estimate of drug-likeness (QED) is 0.285. The highest BCUT2D eigenvalue weighted by molar-refractivity contribution is 6.70. The molecule has 0 aliphatic carbocycles. The largest absolute Gasteiger partial charge is 0.466 e. The summed E-state index contributed by atoms with van der Waals surface area (Å²) in [5.74, 6) is -0.251. The van der Waals surface area contributed by atoms with Crippen molar-refractivity contribution in [3.8, 4) is 0 Å². The van der Waals surface area contributed by atoms with E-state index in [0.717, 1.165) is 19.3 Å². The van der Waals surface area contributed by atoms with E-state index in [-0.39, 0.29) is 12.4 Å². The smallest absolute Gasteiger partial charge is 0.305 e. The van der Waals surface area contributed by atoms with Crippen LogP contribution in [0.3, 0.4) is 0 Å². The number of hydrogen-bond donors (Lipinski definition) is 0. The van der Waals surface area contributed by atoms with Gasteiger partial charge in [0.2, 0.25) is 8.41 Å². The van der Waals surface area contributed by atoms with Gasteiger partial charge in [0, 0.05) is 6.42 Å². The minimum absolute atomic E-state index is 0.238. The first kappa shape index (κ1) is 13.6. The van der Waals surface area contributed by atoms with E-state index in [9.17, 15) is 8.90 Å². The van der Waals surface area contributed by atoms with Crippen LogP contribution in [-0.2, 0) is 9.53 Å². The third-order valence-corrected chi connectivity index (χ3v) is 3.37. The fraction of sp³-hybridized carbons (Fsp3) is 0.900. The molecule has 0 saturated heterocycles. The van der Waals surface area contributed by atoms with Gasteiger partial charge in [0.1, 0.15) is 0 Å². The summed E-state index contributed by atoms with van der Waals surface area (Å²) in [6, 6.07) is 0.375. The second-order valence-corrected chi connectivity index (χ2v) is 8.08. The Balaban J connectivity index is 3.38. The monoisotopic (exact) mass is 220 g/mol. The first-order valence-electron chi connectivity index (χ1n) is 5.30. The highest BCUT2D eigenvalue weighted by atomic mass is 28.4. The van der Waals surface area contributed by atoms with Crippen molar-refractivity contribution in [2.75, 3.05) is 6.61 Å². The molecule has 14 heavy (non-hydrogen) atoms. The summed E-state index contributed by atoms with van der Waals surface area (Å²) in [4.78, 5) is 11.1. The fourth-order valence-electron chi connectivity index (χ4n) is 1.01. The van der Waals surface area contributed by atoms with Crippen molar-refractivity contribution >= 4 is 14.4 Å². The number of carbonyl (C=O) groups excluding carboxylic acids is 1. The summed E-state index contributed by atoms with van der Waals surface area (Å²) < 4.78 is 18.1. The Kier molecular flexibility index (Phi) is 6.79. The van der Waals surface area contributed by atoms with Gasteiger partial charge in [-0.2, -0.15) is 0 Å². The first-order valence-corrected chi connectivity index (χ1v) is 8.39. The first-order chi connectivity index (χ1) is 6.45. The van der Waals surface area contributed by atoms with E-state index in [0.29, 0.717) is 12.7 Å². The topological polar surface area (TPSA) is 26.3 Å². The van der Waals surface area contributed by atoms with Crippen LogP contribution in [0.1, 0.15) is 32.6 Å². The van der Waals surface area contributed by atoms with E-state index in [1.165, 1.54) is 0 Å². The van der Waals surface area contributed by atoms with Gasteiger partial charge in [-0.3, -0.25) is 4.79 Å². The van der Waals surface area contributed by atoms with Crippen LogP contribution >= 0.6 is 0 Å². The number of rotatable bonds is 7. The SMILES string of the molecule is CCCCCOC(=O)CC[Si](C)(C)F. The molecule has 0 N–H and O–H groups in total. The number of hydrogen-bond acceptors (Lipinski definition) is 2. The molecule has 0 unspecified atom stereocenters. The lowest BCUT2D eigenvalue weighted by atomic mass is 10.3. The van der Waals surface area contributed by atoms with Crippen LogP contribution in [-0.4, -0.2) is 21.0 Å². The molecule has 0 fully saturated rings.